The molecule has 0 heterocycles. The van der Waals surface area contributed by atoms with Gasteiger partial charge >= 0.3 is 7.69 Å². The quantitative estimate of drug-likeness (QED) is 0.596. The van der Waals surface area contributed by atoms with Crippen LogP contribution in [0.25, 0.3) is 0 Å². The van der Waals surface area contributed by atoms with E-state index in [4.69, 9.17) is 10.0 Å². The van der Waals surface area contributed by atoms with Crippen molar-refractivity contribution in [3.8, 4) is 0 Å². The van der Waals surface area contributed by atoms with E-state index in [-0.39, 0.29) is 7.69 Å². The van der Waals surface area contributed by atoms with Crippen LogP contribution in [-0.4, -0.2) is 32.4 Å². The molecule has 3 N–H and O–H groups in total. The average Bonchev–Trinajstić information content (AvgIpc) is 2.17. The van der Waals surface area contributed by atoms with Gasteiger partial charge in [-0.3, -0.25) is 0 Å². The average molecular weight is 230 g/mol. The molecule has 5 nitrogen and oxygen atoms in total. The summed E-state index contributed by atoms with van der Waals surface area (Å²) in [6.07, 6.45) is 1.15. The molecule has 0 aliphatic heterocycles. The number of nitrogens with one attached hydrogen (secondary N) is 1. The highest BCUT2D eigenvalue weighted by Crippen LogP contribution is 1.97. The molecule has 0 amide bonds. The summed E-state index contributed by atoms with van der Waals surface area (Å²) in [6, 6.07) is 9.39. The molecule has 1 radical (unpaired) electrons. The van der Waals surface area contributed by atoms with Crippen LogP contribution >= 0.6 is 0 Å². The normalized spacial score (nSPS) is 10.1. The lowest BCUT2D eigenvalue weighted by atomic mass is 10.2. The van der Waals surface area contributed by atoms with Crippen molar-refractivity contribution in [1.29, 1.82) is 0 Å². The van der Waals surface area contributed by atoms with Crippen LogP contribution in [0.4, 0.5) is 0 Å². The Morgan fingerprint density at radius 1 is 1.27 bits per heavy atom. The number of hydrogen-bond donors (Lipinski definition) is 3. The molecule has 0 saturated carbocycles. The van der Waals surface area contributed by atoms with E-state index in [9.17, 15) is 8.42 Å². The van der Waals surface area contributed by atoms with Crippen molar-refractivity contribution in [3.05, 3.63) is 35.9 Å². The second-order valence-electron chi connectivity index (χ2n) is 2.69. The Balaban J connectivity index is 0.000000583. The maximum absolute atomic E-state index is 10.7. The topological polar surface area (TPSA) is 86.6 Å². The third-order valence-corrected chi connectivity index (χ3v) is 2.05. The highest BCUT2D eigenvalue weighted by molar-refractivity contribution is 7.88. The Kier molecular flexibility index (Phi) is 6.97. The minimum Gasteiger partial charge on any atom is -0.429 e. The van der Waals surface area contributed by atoms with Crippen LogP contribution in [-0.2, 0) is 16.6 Å². The van der Waals surface area contributed by atoms with E-state index in [1.54, 1.807) is 0 Å². The molecule has 0 aromatic heterocycles. The predicted molar refractivity (Wildman–Crippen MR) is 58.3 cm³/mol. The van der Waals surface area contributed by atoms with Crippen LogP contribution in [0.15, 0.2) is 30.3 Å². The molecule has 1 aromatic rings. The third-order valence-electron chi connectivity index (χ3n) is 1.38. The van der Waals surface area contributed by atoms with Crippen LogP contribution in [0, 0.1) is 0 Å². The van der Waals surface area contributed by atoms with Gasteiger partial charge in [0.2, 0.25) is 10.0 Å². The van der Waals surface area contributed by atoms with Gasteiger partial charge in [0, 0.05) is 6.54 Å². The van der Waals surface area contributed by atoms with Crippen molar-refractivity contribution in [2.75, 3.05) is 6.26 Å². The molecule has 0 fully saturated rings. The third kappa shape index (κ3) is 9.42. The first-order valence-electron chi connectivity index (χ1n) is 4.08. The minimum absolute atomic E-state index is 0. The molecule has 0 aliphatic rings. The first-order chi connectivity index (χ1) is 6.99. The molecule has 15 heavy (non-hydrogen) atoms. The van der Waals surface area contributed by atoms with Crippen LogP contribution < -0.4 is 4.72 Å². The van der Waals surface area contributed by atoms with Crippen LogP contribution in [0.5, 0.6) is 0 Å². The minimum atomic E-state index is -3.07. The fourth-order valence-corrected chi connectivity index (χ4v) is 1.24. The van der Waals surface area contributed by atoms with E-state index in [1.807, 2.05) is 30.3 Å². The molecule has 0 bridgehead atoms. The summed E-state index contributed by atoms with van der Waals surface area (Å²) in [5.41, 5.74) is 0.961. The van der Waals surface area contributed by atoms with E-state index in [0.29, 0.717) is 6.54 Å². The Morgan fingerprint density at radius 3 is 2.13 bits per heavy atom. The highest BCUT2D eigenvalue weighted by Gasteiger charge is 1.98. The van der Waals surface area contributed by atoms with Gasteiger partial charge < -0.3 is 10.0 Å². The zero-order chi connectivity index (χ0) is 11.7. The molecular weight excluding hydrogens is 217 g/mol. The van der Waals surface area contributed by atoms with E-state index >= 15 is 0 Å². The zero-order valence-electron chi connectivity index (χ0n) is 8.29. The van der Waals surface area contributed by atoms with Gasteiger partial charge in [0.05, 0.1) is 6.26 Å². The fourth-order valence-electron chi connectivity index (χ4n) is 0.810. The van der Waals surface area contributed by atoms with E-state index in [0.717, 1.165) is 11.8 Å². The van der Waals surface area contributed by atoms with Gasteiger partial charge in [0.25, 0.3) is 0 Å². The summed E-state index contributed by atoms with van der Waals surface area (Å²) in [7, 11) is -3.07. The van der Waals surface area contributed by atoms with Gasteiger partial charge in [0.15, 0.2) is 0 Å². The lowest BCUT2D eigenvalue weighted by Gasteiger charge is -2.00. The SMILES string of the molecule is CS(=O)(=O)NCc1ccccc1.O[B]O. The molecule has 1 aromatic carbocycles. The molecular formula is C8H13BNO4S. The van der Waals surface area contributed by atoms with Crippen LogP contribution in [0.2, 0.25) is 0 Å². The van der Waals surface area contributed by atoms with Crippen LogP contribution in [0.1, 0.15) is 5.56 Å². The molecule has 0 atom stereocenters. The second-order valence-corrected chi connectivity index (χ2v) is 4.53. The van der Waals surface area contributed by atoms with E-state index < -0.39 is 10.0 Å². The van der Waals surface area contributed by atoms with Gasteiger partial charge in [-0.05, 0) is 5.56 Å². The lowest BCUT2D eigenvalue weighted by Crippen LogP contribution is -2.20. The Hall–Kier alpha value is -0.885. The molecule has 83 valence electrons. The molecule has 0 unspecified atom stereocenters. The number of benzene rings is 1. The summed E-state index contributed by atoms with van der Waals surface area (Å²) < 4.78 is 23.8. The Labute approximate surface area is 90.1 Å². The molecule has 0 saturated heterocycles. The van der Waals surface area contributed by atoms with Gasteiger partial charge in [-0.1, -0.05) is 30.3 Å². The summed E-state index contributed by atoms with van der Waals surface area (Å²) in [5.74, 6) is 0. The second kappa shape index (κ2) is 7.41. The molecule has 1 rings (SSSR count). The number of sulfonamides is 1. The summed E-state index contributed by atoms with van der Waals surface area (Å²) in [5, 5.41) is 14.0. The van der Waals surface area contributed by atoms with Crippen molar-refractivity contribution >= 4 is 17.7 Å². The highest BCUT2D eigenvalue weighted by atomic mass is 32.2. The molecule has 0 aliphatic carbocycles. The summed E-state index contributed by atoms with van der Waals surface area (Å²) >= 11 is 0. The van der Waals surface area contributed by atoms with E-state index in [2.05, 4.69) is 4.72 Å². The Bertz CT molecular complexity index is 354. The zero-order valence-corrected chi connectivity index (χ0v) is 9.11. The standard InChI is InChI=1S/C8H11NO2S.BH2O2/c1-12(10,11)9-7-8-5-3-2-4-6-8;2-1-3/h2-6,9H,7H2,1H3;2-3H. The first-order valence-corrected chi connectivity index (χ1v) is 5.97. The van der Waals surface area contributed by atoms with Crippen molar-refractivity contribution < 1.29 is 18.5 Å². The summed E-state index contributed by atoms with van der Waals surface area (Å²) in [6.45, 7) is 0.361. The first kappa shape index (κ1) is 14.1. The number of rotatable bonds is 3. The predicted octanol–water partition coefficient (Wildman–Crippen LogP) is -0.759. The van der Waals surface area contributed by atoms with Gasteiger partial charge in [-0.25, -0.2) is 13.1 Å². The maximum Gasteiger partial charge on any atom is 0.482 e. The van der Waals surface area contributed by atoms with Crippen LogP contribution in [0.3, 0.4) is 0 Å². The van der Waals surface area contributed by atoms with Crippen molar-refractivity contribution in [3.63, 3.8) is 0 Å². The summed E-state index contributed by atoms with van der Waals surface area (Å²) in [4.78, 5) is 0. The lowest BCUT2D eigenvalue weighted by molar-refractivity contribution is 0.448. The van der Waals surface area contributed by atoms with Gasteiger partial charge in [-0.15, -0.1) is 0 Å². The van der Waals surface area contributed by atoms with Crippen molar-refractivity contribution in [2.45, 2.75) is 6.54 Å². The Morgan fingerprint density at radius 2 is 1.73 bits per heavy atom. The maximum atomic E-state index is 10.7. The van der Waals surface area contributed by atoms with Gasteiger partial charge in [0.1, 0.15) is 0 Å². The van der Waals surface area contributed by atoms with Crippen molar-refractivity contribution in [1.82, 2.24) is 4.72 Å². The van der Waals surface area contributed by atoms with Gasteiger partial charge in [-0.2, -0.15) is 0 Å². The largest absolute Gasteiger partial charge is 0.482 e. The molecule has 7 heteroatoms. The van der Waals surface area contributed by atoms with E-state index in [1.165, 1.54) is 0 Å². The molecule has 0 spiro atoms. The number of hydrogen-bond acceptors (Lipinski definition) is 4. The van der Waals surface area contributed by atoms with Crippen molar-refractivity contribution in [2.24, 2.45) is 0 Å². The smallest absolute Gasteiger partial charge is 0.429 e. The fraction of sp³-hybridized carbons (Fsp3) is 0.250. The monoisotopic (exact) mass is 230 g/mol.